The van der Waals surface area contributed by atoms with Crippen LogP contribution in [0.3, 0.4) is 0 Å². The number of unbranched alkanes of at least 4 members (excludes halogenated alkanes) is 2. The number of aryl methyl sites for hydroxylation is 1. The average molecular weight is 932 g/mol. The summed E-state index contributed by atoms with van der Waals surface area (Å²) < 4.78 is 34.0. The Bertz CT molecular complexity index is 1950. The molecule has 0 radical (unpaired) electrons. The molecule has 0 aliphatic heterocycles. The quantitative estimate of drug-likeness (QED) is 0.0407. The third kappa shape index (κ3) is 18.3. The van der Waals surface area contributed by atoms with E-state index in [1.54, 1.807) is 53.9 Å². The lowest BCUT2D eigenvalue weighted by atomic mass is 9.76. The number of hydrogen-bond donors (Lipinski definition) is 4. The Hall–Kier alpha value is -3.86. The van der Waals surface area contributed by atoms with Gasteiger partial charge < -0.3 is 25.6 Å². The van der Waals surface area contributed by atoms with Gasteiger partial charge in [-0.1, -0.05) is 119 Å². The molecular weight excluding hydrogens is 859 g/mol. The number of carbonyl (C=O) groups excluding carboxylic acids is 5. The molecular formula is C47H73N5O8S3. The molecule has 3 atom stereocenters. The smallest absolute Gasteiger partial charge is 0.264 e. The zero-order valence-electron chi connectivity index (χ0n) is 39.5. The number of amides is 4. The van der Waals surface area contributed by atoms with Gasteiger partial charge in [0, 0.05) is 55.3 Å². The van der Waals surface area contributed by atoms with Crippen LogP contribution in [-0.4, -0.2) is 99.6 Å². The van der Waals surface area contributed by atoms with Crippen molar-refractivity contribution in [2.45, 2.75) is 136 Å². The van der Waals surface area contributed by atoms with Crippen LogP contribution in [0.5, 0.6) is 5.75 Å². The minimum atomic E-state index is -4.12. The molecule has 2 rings (SSSR count). The fourth-order valence-corrected chi connectivity index (χ4v) is 9.65. The Morgan fingerprint density at radius 1 is 0.857 bits per heavy atom. The number of ketones is 1. The molecule has 0 saturated heterocycles. The van der Waals surface area contributed by atoms with Crippen LogP contribution in [0.1, 0.15) is 112 Å². The minimum Gasteiger partial charge on any atom is -0.493 e. The van der Waals surface area contributed by atoms with E-state index in [0.717, 1.165) is 36.1 Å². The van der Waals surface area contributed by atoms with Gasteiger partial charge in [-0.15, -0.1) is 0 Å². The number of Topliss-reactive ketones (excluding diaryl/α,β-unsaturated/α-hetero) is 1. The number of carbonyl (C=O) groups is 5. The molecule has 0 bridgehead atoms. The number of likely N-dealkylation sites (N-methyl/N-ethyl adjacent to an activating group) is 2. The van der Waals surface area contributed by atoms with Crippen LogP contribution in [0.25, 0.3) is 0 Å². The van der Waals surface area contributed by atoms with E-state index >= 15 is 0 Å². The molecule has 0 aliphatic rings. The van der Waals surface area contributed by atoms with E-state index < -0.39 is 44.9 Å². The van der Waals surface area contributed by atoms with Gasteiger partial charge >= 0.3 is 0 Å². The number of benzene rings is 2. The SMILES string of the molecule is CCC(=O)CCCCCNC(=O)CCSSCCOc1ccc(C(C)(C)[C@H](NC)C(=O)N[C@H](C(=O)N(C)[C@H](/C=C(\C)C(=O)NS(=O)(=O)c2ccc(C)cc2)C(C)C)C(C)(C)C)cc1. The monoisotopic (exact) mass is 931 g/mol. The zero-order valence-corrected chi connectivity index (χ0v) is 42.0. The van der Waals surface area contributed by atoms with Crippen LogP contribution >= 0.6 is 21.6 Å². The molecule has 0 unspecified atom stereocenters. The molecule has 63 heavy (non-hydrogen) atoms. The van der Waals surface area contributed by atoms with E-state index in [9.17, 15) is 32.4 Å². The summed E-state index contributed by atoms with van der Waals surface area (Å²) in [7, 11) is 2.50. The van der Waals surface area contributed by atoms with E-state index in [0.29, 0.717) is 43.9 Å². The summed E-state index contributed by atoms with van der Waals surface area (Å²) in [6, 6.07) is 11.5. The zero-order chi connectivity index (χ0) is 47.5. The number of ether oxygens (including phenoxy) is 1. The van der Waals surface area contributed by atoms with E-state index in [2.05, 4.69) is 20.7 Å². The summed E-state index contributed by atoms with van der Waals surface area (Å²) in [5, 5.41) is 9.16. The highest BCUT2D eigenvalue weighted by atomic mass is 33.1. The molecule has 4 N–H and O–H groups in total. The molecule has 0 aromatic heterocycles. The molecule has 0 fully saturated rings. The van der Waals surface area contributed by atoms with Crippen molar-refractivity contribution in [2.24, 2.45) is 11.3 Å². The Labute approximate surface area is 385 Å². The highest BCUT2D eigenvalue weighted by Crippen LogP contribution is 2.31. The summed E-state index contributed by atoms with van der Waals surface area (Å²) in [6.07, 6.45) is 5.93. The summed E-state index contributed by atoms with van der Waals surface area (Å²) in [6.45, 7) is 19.7. The Kier molecular flexibility index (Phi) is 23.0. The number of hydrogen-bond acceptors (Lipinski definition) is 11. The topological polar surface area (TPSA) is 180 Å². The van der Waals surface area contributed by atoms with Crippen molar-refractivity contribution in [2.75, 3.05) is 38.8 Å². The van der Waals surface area contributed by atoms with Gasteiger partial charge in [-0.3, -0.25) is 24.0 Å². The Morgan fingerprint density at radius 2 is 1.48 bits per heavy atom. The van der Waals surface area contributed by atoms with Crippen molar-refractivity contribution >= 4 is 61.0 Å². The highest BCUT2D eigenvalue weighted by Gasteiger charge is 2.41. The summed E-state index contributed by atoms with van der Waals surface area (Å²) >= 11 is 0. The second kappa shape index (κ2) is 26.2. The van der Waals surface area contributed by atoms with Crippen molar-refractivity contribution in [1.82, 2.24) is 25.6 Å². The van der Waals surface area contributed by atoms with Gasteiger partial charge in [-0.2, -0.15) is 0 Å². The predicted octanol–water partition coefficient (Wildman–Crippen LogP) is 7.13. The number of sulfonamides is 1. The maximum absolute atomic E-state index is 14.3. The summed E-state index contributed by atoms with van der Waals surface area (Å²) in [5.41, 5.74) is 0.479. The second-order valence-electron chi connectivity index (χ2n) is 17.9. The summed E-state index contributed by atoms with van der Waals surface area (Å²) in [5.74, 6) is 0.777. The largest absolute Gasteiger partial charge is 0.493 e. The molecule has 13 nitrogen and oxygen atoms in total. The first-order chi connectivity index (χ1) is 29.5. The van der Waals surface area contributed by atoms with Crippen LogP contribution in [0.15, 0.2) is 65.1 Å². The first kappa shape index (κ1) is 55.3. The van der Waals surface area contributed by atoms with E-state index in [4.69, 9.17) is 4.74 Å². The van der Waals surface area contributed by atoms with Gasteiger partial charge in [-0.25, -0.2) is 13.1 Å². The maximum Gasteiger partial charge on any atom is 0.264 e. The van der Waals surface area contributed by atoms with Crippen LogP contribution < -0.4 is 25.4 Å². The first-order valence-corrected chi connectivity index (χ1v) is 25.8. The van der Waals surface area contributed by atoms with Gasteiger partial charge in [0.15, 0.2) is 0 Å². The van der Waals surface area contributed by atoms with E-state index in [1.165, 1.54) is 24.0 Å². The highest BCUT2D eigenvalue weighted by molar-refractivity contribution is 8.76. The van der Waals surface area contributed by atoms with Crippen molar-refractivity contribution in [3.63, 3.8) is 0 Å². The van der Waals surface area contributed by atoms with Crippen LogP contribution in [0.4, 0.5) is 0 Å². The predicted molar refractivity (Wildman–Crippen MR) is 257 cm³/mol. The third-order valence-corrected chi connectivity index (χ3v) is 14.6. The molecule has 0 saturated carbocycles. The Balaban J connectivity index is 2.00. The summed E-state index contributed by atoms with van der Waals surface area (Å²) in [4.78, 5) is 66.6. The van der Waals surface area contributed by atoms with Crippen molar-refractivity contribution < 1.29 is 37.1 Å². The van der Waals surface area contributed by atoms with Crippen LogP contribution in [0, 0.1) is 18.3 Å². The normalized spacial score (nSPS) is 13.8. The van der Waals surface area contributed by atoms with Gasteiger partial charge in [-0.05, 0) is 74.9 Å². The fraction of sp³-hybridized carbons (Fsp3) is 0.596. The lowest BCUT2D eigenvalue weighted by Gasteiger charge is -2.40. The lowest BCUT2D eigenvalue weighted by Crippen LogP contribution is -2.61. The van der Waals surface area contributed by atoms with Crippen molar-refractivity contribution in [3.8, 4) is 5.75 Å². The molecule has 352 valence electrons. The van der Waals surface area contributed by atoms with E-state index in [1.807, 2.05) is 86.6 Å². The Morgan fingerprint density at radius 3 is 2.05 bits per heavy atom. The first-order valence-electron chi connectivity index (χ1n) is 21.8. The molecule has 4 amide bonds. The third-order valence-electron chi connectivity index (χ3n) is 10.9. The maximum atomic E-state index is 14.3. The van der Waals surface area contributed by atoms with Gasteiger partial charge in [0.05, 0.1) is 23.6 Å². The number of nitrogens with zero attached hydrogens (tertiary/aromatic N) is 1. The standard InChI is InChI=1S/C47H73N5O8S3/c1-13-36(53)17-15-14-16-27-49-40(54)26-29-61-62-30-28-60-37-22-20-35(21-23-37)47(9,10)41(48-11)44(56)50-42(46(6,7)8)45(57)52(12)39(32(2)3)31-34(5)43(55)51-63(58,59)38-24-18-33(4)19-25-38/h18-25,31-32,39,41-42,48H,13-17,26-30H2,1-12H3,(H,49,54)(H,50,56)(H,51,55)/b34-31+/t39-,41-,42-/m1/s1. The number of nitrogens with one attached hydrogen (secondary N) is 4. The second-order valence-corrected chi connectivity index (χ2v) is 22.2. The average Bonchev–Trinajstić information content (AvgIpc) is 3.21. The van der Waals surface area contributed by atoms with E-state index in [-0.39, 0.29) is 39.9 Å². The van der Waals surface area contributed by atoms with Gasteiger partial charge in [0.2, 0.25) is 17.7 Å². The molecule has 2 aromatic carbocycles. The van der Waals surface area contributed by atoms with Gasteiger partial charge in [0.1, 0.15) is 17.6 Å². The van der Waals surface area contributed by atoms with Crippen molar-refractivity contribution in [1.29, 1.82) is 0 Å². The molecule has 0 aliphatic carbocycles. The lowest BCUT2D eigenvalue weighted by molar-refractivity contribution is -0.141. The molecule has 16 heteroatoms. The van der Waals surface area contributed by atoms with Gasteiger partial charge in [0.25, 0.3) is 15.9 Å². The molecule has 0 heterocycles. The van der Waals surface area contributed by atoms with Crippen molar-refractivity contribution in [3.05, 3.63) is 71.3 Å². The fourth-order valence-electron chi connectivity index (χ4n) is 6.82. The van der Waals surface area contributed by atoms with Crippen LogP contribution in [0.2, 0.25) is 0 Å². The minimum absolute atomic E-state index is 0.0332. The number of rotatable bonds is 27. The van der Waals surface area contributed by atoms with Crippen LogP contribution in [-0.2, 0) is 39.4 Å². The molecule has 0 spiro atoms. The molecule has 2 aromatic rings.